The molecule has 0 spiro atoms. The third-order valence-electron chi connectivity index (χ3n) is 4.45. The van der Waals surface area contributed by atoms with Crippen molar-refractivity contribution in [3.63, 3.8) is 0 Å². The van der Waals surface area contributed by atoms with Gasteiger partial charge in [-0.1, -0.05) is 6.07 Å². The zero-order valence-electron chi connectivity index (χ0n) is 12.4. The monoisotopic (exact) mass is 363 g/mol. The predicted molar refractivity (Wildman–Crippen MR) is 89.0 cm³/mol. The van der Waals surface area contributed by atoms with E-state index in [2.05, 4.69) is 37.7 Å². The van der Waals surface area contributed by atoms with Crippen molar-refractivity contribution in [2.75, 3.05) is 11.4 Å². The van der Waals surface area contributed by atoms with E-state index in [1.165, 1.54) is 0 Å². The second kappa shape index (κ2) is 6.20. The summed E-state index contributed by atoms with van der Waals surface area (Å²) in [7, 11) is 0. The Bertz CT molecular complexity index is 702. The van der Waals surface area contributed by atoms with Gasteiger partial charge in [-0.05, 0) is 53.7 Å². The molecule has 3 rings (SSSR count). The number of fused-ring (bicyclic) bond motifs is 1. The van der Waals surface area contributed by atoms with Crippen LogP contribution in [0.3, 0.4) is 0 Å². The van der Waals surface area contributed by atoms with E-state index in [4.69, 9.17) is 5.11 Å². The molecule has 1 fully saturated rings. The van der Waals surface area contributed by atoms with E-state index < -0.39 is 5.97 Å². The maximum absolute atomic E-state index is 11.1. The van der Waals surface area contributed by atoms with Crippen LogP contribution in [-0.2, 0) is 4.79 Å². The minimum Gasteiger partial charge on any atom is -0.481 e. The Kier molecular flexibility index (Phi) is 4.29. The van der Waals surface area contributed by atoms with E-state index in [1.54, 1.807) is 6.33 Å². The number of rotatable bonds is 3. The largest absolute Gasteiger partial charge is 0.481 e. The smallest absolute Gasteiger partial charge is 0.303 e. The Morgan fingerprint density at radius 1 is 1.45 bits per heavy atom. The van der Waals surface area contributed by atoms with E-state index in [0.717, 1.165) is 40.6 Å². The van der Waals surface area contributed by atoms with Gasteiger partial charge in [0.15, 0.2) is 0 Å². The molecule has 6 heteroatoms. The standard InChI is InChI=1S/C16H18BrN3O2/c1-10-11(8-14(21)22)4-3-7-20(10)16-15-12(17)5-2-6-13(15)18-9-19-16/h2,5-6,9-11H,3-4,7-8H2,1H3,(H,21,22). The molecule has 2 atom stereocenters. The van der Waals surface area contributed by atoms with Crippen LogP contribution in [-0.4, -0.2) is 33.6 Å². The van der Waals surface area contributed by atoms with Crippen LogP contribution in [0.15, 0.2) is 29.0 Å². The molecule has 0 bridgehead atoms. The molecule has 2 unspecified atom stereocenters. The molecule has 0 aliphatic carbocycles. The maximum Gasteiger partial charge on any atom is 0.303 e. The molecule has 2 aromatic rings. The Labute approximate surface area is 137 Å². The molecule has 1 aliphatic heterocycles. The Morgan fingerprint density at radius 3 is 3.05 bits per heavy atom. The number of halogens is 1. The van der Waals surface area contributed by atoms with E-state index in [-0.39, 0.29) is 18.4 Å². The van der Waals surface area contributed by atoms with Crippen molar-refractivity contribution in [3.8, 4) is 0 Å². The van der Waals surface area contributed by atoms with Crippen molar-refractivity contribution in [1.29, 1.82) is 0 Å². The first-order valence-electron chi connectivity index (χ1n) is 7.45. The number of benzene rings is 1. The Balaban J connectivity index is 2.01. The molecule has 0 saturated carbocycles. The van der Waals surface area contributed by atoms with Gasteiger partial charge in [-0.25, -0.2) is 9.97 Å². The van der Waals surface area contributed by atoms with E-state index in [1.807, 2.05) is 18.2 Å². The number of hydrogen-bond acceptors (Lipinski definition) is 4. The summed E-state index contributed by atoms with van der Waals surface area (Å²) in [5, 5.41) is 10.1. The van der Waals surface area contributed by atoms with Gasteiger partial charge >= 0.3 is 5.97 Å². The Hall–Kier alpha value is -1.69. The summed E-state index contributed by atoms with van der Waals surface area (Å²) in [6, 6.07) is 6.05. The molecular formula is C16H18BrN3O2. The van der Waals surface area contributed by atoms with Crippen LogP contribution >= 0.6 is 15.9 Å². The molecule has 1 aromatic heterocycles. The quantitative estimate of drug-likeness (QED) is 0.904. The molecule has 1 saturated heterocycles. The van der Waals surface area contributed by atoms with Gasteiger partial charge in [0.05, 0.1) is 17.3 Å². The van der Waals surface area contributed by atoms with Crippen molar-refractivity contribution in [2.24, 2.45) is 5.92 Å². The summed E-state index contributed by atoms with van der Waals surface area (Å²) in [5.74, 6) is 0.311. The number of carboxylic acids is 1. The summed E-state index contributed by atoms with van der Waals surface area (Å²) < 4.78 is 0.966. The molecule has 5 nitrogen and oxygen atoms in total. The average Bonchev–Trinajstić information content (AvgIpc) is 2.49. The van der Waals surface area contributed by atoms with Crippen molar-refractivity contribution in [3.05, 3.63) is 29.0 Å². The van der Waals surface area contributed by atoms with Crippen LogP contribution < -0.4 is 4.90 Å². The number of anilines is 1. The molecule has 0 amide bonds. The van der Waals surface area contributed by atoms with Crippen LogP contribution in [0.5, 0.6) is 0 Å². The second-order valence-electron chi connectivity index (χ2n) is 5.77. The molecule has 1 aliphatic rings. The lowest BCUT2D eigenvalue weighted by atomic mass is 9.87. The fourth-order valence-electron chi connectivity index (χ4n) is 3.29. The number of hydrogen-bond donors (Lipinski definition) is 1. The average molecular weight is 364 g/mol. The summed E-state index contributed by atoms with van der Waals surface area (Å²) >= 11 is 3.59. The fourth-order valence-corrected chi connectivity index (χ4v) is 3.82. The summed E-state index contributed by atoms with van der Waals surface area (Å²) in [5.41, 5.74) is 0.895. The SMILES string of the molecule is CC1C(CC(=O)O)CCCN1c1ncnc2cccc(Br)c12. The maximum atomic E-state index is 11.1. The number of nitrogens with zero attached hydrogens (tertiary/aromatic N) is 3. The molecule has 2 heterocycles. The minimum atomic E-state index is -0.729. The molecule has 1 aromatic carbocycles. The number of carboxylic acid groups (broad SMARTS) is 1. The molecular weight excluding hydrogens is 346 g/mol. The van der Waals surface area contributed by atoms with Gasteiger partial charge in [-0.15, -0.1) is 0 Å². The highest BCUT2D eigenvalue weighted by molar-refractivity contribution is 9.10. The van der Waals surface area contributed by atoms with Crippen LogP contribution in [0.2, 0.25) is 0 Å². The van der Waals surface area contributed by atoms with Crippen molar-refractivity contribution >= 4 is 38.6 Å². The lowest BCUT2D eigenvalue weighted by Crippen LogP contribution is -2.44. The van der Waals surface area contributed by atoms with Gasteiger partial charge in [0.2, 0.25) is 0 Å². The zero-order valence-corrected chi connectivity index (χ0v) is 14.0. The van der Waals surface area contributed by atoms with E-state index >= 15 is 0 Å². The minimum absolute atomic E-state index is 0.148. The first-order chi connectivity index (χ1) is 10.6. The number of piperidine rings is 1. The normalized spacial score (nSPS) is 22.0. The lowest BCUT2D eigenvalue weighted by Gasteiger charge is -2.40. The first kappa shape index (κ1) is 15.2. The van der Waals surface area contributed by atoms with Crippen molar-refractivity contribution < 1.29 is 9.90 Å². The second-order valence-corrected chi connectivity index (χ2v) is 6.62. The van der Waals surface area contributed by atoms with Gasteiger partial charge in [-0.2, -0.15) is 0 Å². The van der Waals surface area contributed by atoms with Gasteiger partial charge in [0, 0.05) is 17.1 Å². The van der Waals surface area contributed by atoms with Crippen molar-refractivity contribution in [2.45, 2.75) is 32.2 Å². The zero-order chi connectivity index (χ0) is 15.7. The van der Waals surface area contributed by atoms with Crippen LogP contribution in [0.25, 0.3) is 10.9 Å². The molecule has 0 radical (unpaired) electrons. The highest BCUT2D eigenvalue weighted by Crippen LogP contribution is 2.35. The first-order valence-corrected chi connectivity index (χ1v) is 8.25. The van der Waals surface area contributed by atoms with Crippen molar-refractivity contribution in [1.82, 2.24) is 9.97 Å². The molecule has 22 heavy (non-hydrogen) atoms. The highest BCUT2D eigenvalue weighted by Gasteiger charge is 2.31. The number of aliphatic carboxylic acids is 1. The van der Waals surface area contributed by atoms with Crippen LogP contribution in [0.4, 0.5) is 5.82 Å². The summed E-state index contributed by atoms with van der Waals surface area (Å²) in [6.45, 7) is 2.99. The van der Waals surface area contributed by atoms with Crippen LogP contribution in [0.1, 0.15) is 26.2 Å². The topological polar surface area (TPSA) is 66.3 Å². The predicted octanol–water partition coefficient (Wildman–Crippen LogP) is 3.47. The summed E-state index contributed by atoms with van der Waals surface area (Å²) in [6.07, 6.45) is 3.73. The lowest BCUT2D eigenvalue weighted by molar-refractivity contribution is -0.138. The number of aromatic nitrogens is 2. The van der Waals surface area contributed by atoms with Gasteiger partial charge in [-0.3, -0.25) is 4.79 Å². The summed E-state index contributed by atoms with van der Waals surface area (Å²) in [4.78, 5) is 22.1. The molecule has 1 N–H and O–H groups in total. The van der Waals surface area contributed by atoms with Gasteiger partial charge in [0.1, 0.15) is 12.1 Å². The highest BCUT2D eigenvalue weighted by atomic mass is 79.9. The third-order valence-corrected chi connectivity index (χ3v) is 5.11. The third kappa shape index (κ3) is 2.79. The number of carbonyl (C=O) groups is 1. The van der Waals surface area contributed by atoms with E-state index in [9.17, 15) is 4.79 Å². The van der Waals surface area contributed by atoms with Gasteiger partial charge in [0.25, 0.3) is 0 Å². The fraction of sp³-hybridized carbons (Fsp3) is 0.438. The molecule has 116 valence electrons. The van der Waals surface area contributed by atoms with Gasteiger partial charge < -0.3 is 10.0 Å². The Morgan fingerprint density at radius 2 is 2.27 bits per heavy atom. The van der Waals surface area contributed by atoms with E-state index in [0.29, 0.717) is 0 Å². The van der Waals surface area contributed by atoms with Crippen LogP contribution in [0, 0.1) is 5.92 Å².